The van der Waals surface area contributed by atoms with Crippen LogP contribution < -0.4 is 14.8 Å². The van der Waals surface area contributed by atoms with Gasteiger partial charge in [0.1, 0.15) is 11.5 Å². The second kappa shape index (κ2) is 7.22. The van der Waals surface area contributed by atoms with E-state index in [1.807, 2.05) is 13.8 Å². The largest absolute Gasteiger partial charge is 0.495 e. The summed E-state index contributed by atoms with van der Waals surface area (Å²) in [5.41, 5.74) is 1.33. The molecule has 9 heteroatoms. The third kappa shape index (κ3) is 4.45. The Balaban J connectivity index is 1.90. The van der Waals surface area contributed by atoms with Crippen molar-refractivity contribution in [2.24, 2.45) is 5.41 Å². The maximum Gasteiger partial charge on any atom is 0.291 e. The summed E-state index contributed by atoms with van der Waals surface area (Å²) < 4.78 is 36.4. The van der Waals surface area contributed by atoms with Crippen LogP contribution in [0.4, 0.5) is 11.4 Å². The van der Waals surface area contributed by atoms with E-state index in [9.17, 15) is 18.0 Å². The maximum absolute atomic E-state index is 12.8. The van der Waals surface area contributed by atoms with Crippen molar-refractivity contribution in [3.8, 4) is 5.75 Å². The van der Waals surface area contributed by atoms with Crippen molar-refractivity contribution in [1.29, 1.82) is 0 Å². The molecule has 29 heavy (non-hydrogen) atoms. The van der Waals surface area contributed by atoms with Crippen molar-refractivity contribution < 1.29 is 27.2 Å². The van der Waals surface area contributed by atoms with E-state index in [-0.39, 0.29) is 22.6 Å². The number of methoxy groups -OCH3 is 1. The van der Waals surface area contributed by atoms with Gasteiger partial charge in [-0.2, -0.15) is 0 Å². The molecule has 3 rings (SSSR count). The van der Waals surface area contributed by atoms with Gasteiger partial charge in [0.25, 0.3) is 5.91 Å². The predicted octanol–water partition coefficient (Wildman–Crippen LogP) is 3.38. The number of anilines is 2. The molecule has 0 saturated heterocycles. The number of amides is 1. The molecule has 1 aliphatic carbocycles. The third-order valence-electron chi connectivity index (χ3n) is 4.74. The number of ketones is 1. The van der Waals surface area contributed by atoms with Crippen molar-refractivity contribution in [3.63, 3.8) is 0 Å². The van der Waals surface area contributed by atoms with Crippen LogP contribution in [0.2, 0.25) is 0 Å². The average molecular weight is 420 g/mol. The Labute approximate surface area is 169 Å². The van der Waals surface area contributed by atoms with E-state index >= 15 is 0 Å². The first-order valence-corrected chi connectivity index (χ1v) is 10.9. The Morgan fingerprint density at radius 2 is 1.93 bits per heavy atom. The lowest BCUT2D eigenvalue weighted by Crippen LogP contribution is -2.26. The molecule has 0 spiro atoms. The highest BCUT2D eigenvalue weighted by Crippen LogP contribution is 2.38. The van der Waals surface area contributed by atoms with Gasteiger partial charge in [-0.1, -0.05) is 13.8 Å². The first-order valence-electron chi connectivity index (χ1n) is 9.03. The van der Waals surface area contributed by atoms with Crippen molar-refractivity contribution in [3.05, 3.63) is 40.8 Å². The number of furan rings is 1. The molecule has 0 atom stereocenters. The average Bonchev–Trinajstić information content (AvgIpc) is 2.89. The number of carbonyl (C=O) groups is 2. The number of sulfonamides is 1. The van der Waals surface area contributed by atoms with Crippen LogP contribution in [-0.4, -0.2) is 33.5 Å². The molecule has 8 nitrogen and oxygen atoms in total. The summed E-state index contributed by atoms with van der Waals surface area (Å²) in [4.78, 5) is 25.3. The van der Waals surface area contributed by atoms with E-state index in [1.165, 1.54) is 19.2 Å². The lowest BCUT2D eigenvalue weighted by Gasteiger charge is -2.27. The quantitative estimate of drug-likeness (QED) is 0.766. The van der Waals surface area contributed by atoms with Crippen LogP contribution in [0, 0.1) is 12.3 Å². The summed E-state index contributed by atoms with van der Waals surface area (Å²) in [6.07, 6.45) is 2.00. The van der Waals surface area contributed by atoms with Crippen LogP contribution in [0.25, 0.3) is 0 Å². The molecule has 0 saturated carbocycles. The van der Waals surface area contributed by atoms with E-state index in [0.29, 0.717) is 41.2 Å². The standard InChI is InChI=1S/C20H24N2O6S/c1-11-17-14(23)9-20(2,3)10-16(17)28-18(11)19(24)21-12-6-7-15(27-4)13(8-12)22-29(5,25)26/h6-8,22H,9-10H2,1-5H3,(H,21,24). The maximum atomic E-state index is 12.8. The van der Waals surface area contributed by atoms with Crippen molar-refractivity contribution in [2.45, 2.75) is 33.6 Å². The molecule has 2 N–H and O–H groups in total. The molecule has 0 aliphatic heterocycles. The van der Waals surface area contributed by atoms with Gasteiger partial charge < -0.3 is 14.5 Å². The summed E-state index contributed by atoms with van der Waals surface area (Å²) in [6.45, 7) is 5.66. The normalized spacial score (nSPS) is 15.6. The van der Waals surface area contributed by atoms with Crippen LogP contribution in [0.3, 0.4) is 0 Å². The van der Waals surface area contributed by atoms with Gasteiger partial charge in [0.05, 0.1) is 24.6 Å². The van der Waals surface area contributed by atoms with Crippen molar-refractivity contribution in [2.75, 3.05) is 23.4 Å². The highest BCUT2D eigenvalue weighted by atomic mass is 32.2. The molecule has 156 valence electrons. The summed E-state index contributed by atoms with van der Waals surface area (Å²) in [7, 11) is -2.12. The van der Waals surface area contributed by atoms with Crippen LogP contribution in [-0.2, 0) is 16.4 Å². The van der Waals surface area contributed by atoms with Gasteiger partial charge in [0, 0.05) is 24.1 Å². The Kier molecular flexibility index (Phi) is 5.20. The fraction of sp³-hybridized carbons (Fsp3) is 0.400. The van der Waals surface area contributed by atoms with Crippen LogP contribution in [0.1, 0.15) is 52.5 Å². The van der Waals surface area contributed by atoms with Gasteiger partial charge in [-0.15, -0.1) is 0 Å². The minimum absolute atomic E-state index is 0.0272. The molecular weight excluding hydrogens is 396 g/mol. The Morgan fingerprint density at radius 3 is 2.55 bits per heavy atom. The zero-order valence-electron chi connectivity index (χ0n) is 17.0. The summed E-state index contributed by atoms with van der Waals surface area (Å²) in [5, 5.41) is 2.69. The van der Waals surface area contributed by atoms with E-state index < -0.39 is 15.9 Å². The molecule has 1 aromatic heterocycles. The van der Waals surface area contributed by atoms with Gasteiger partial charge in [-0.05, 0) is 30.5 Å². The number of fused-ring (bicyclic) bond motifs is 1. The highest BCUT2D eigenvalue weighted by molar-refractivity contribution is 7.92. The summed E-state index contributed by atoms with van der Waals surface area (Å²) >= 11 is 0. The van der Waals surface area contributed by atoms with Gasteiger partial charge >= 0.3 is 0 Å². The number of hydrogen-bond donors (Lipinski definition) is 2. The minimum Gasteiger partial charge on any atom is -0.495 e. The molecule has 0 fully saturated rings. The molecule has 0 radical (unpaired) electrons. The van der Waals surface area contributed by atoms with E-state index in [1.54, 1.807) is 13.0 Å². The van der Waals surface area contributed by atoms with Crippen molar-refractivity contribution >= 4 is 33.1 Å². The van der Waals surface area contributed by atoms with Gasteiger partial charge in [0.15, 0.2) is 11.5 Å². The molecule has 1 aromatic carbocycles. The number of rotatable bonds is 5. The smallest absolute Gasteiger partial charge is 0.291 e. The Hall–Kier alpha value is -2.81. The van der Waals surface area contributed by atoms with E-state index in [2.05, 4.69) is 10.0 Å². The van der Waals surface area contributed by atoms with Crippen molar-refractivity contribution in [1.82, 2.24) is 0 Å². The molecule has 0 unspecified atom stereocenters. The lowest BCUT2D eigenvalue weighted by molar-refractivity contribution is 0.0898. The third-order valence-corrected chi connectivity index (χ3v) is 5.33. The molecule has 2 aromatic rings. The molecule has 0 bridgehead atoms. The summed E-state index contributed by atoms with van der Waals surface area (Å²) in [6, 6.07) is 4.57. The molecule has 1 aliphatic rings. The van der Waals surface area contributed by atoms with Gasteiger partial charge in [-0.25, -0.2) is 8.42 Å². The van der Waals surface area contributed by atoms with Gasteiger partial charge in [0.2, 0.25) is 10.0 Å². The highest BCUT2D eigenvalue weighted by Gasteiger charge is 2.37. The number of Topliss-reactive ketones (excluding diaryl/α,β-unsaturated/α-hetero) is 1. The zero-order chi connectivity index (χ0) is 21.6. The Morgan fingerprint density at radius 1 is 1.24 bits per heavy atom. The van der Waals surface area contributed by atoms with Crippen LogP contribution >= 0.6 is 0 Å². The van der Waals surface area contributed by atoms with Gasteiger partial charge in [-0.3, -0.25) is 14.3 Å². The topological polar surface area (TPSA) is 115 Å². The SMILES string of the molecule is COc1ccc(NC(=O)c2oc3c(c2C)C(=O)CC(C)(C)C3)cc1NS(C)(=O)=O. The lowest BCUT2D eigenvalue weighted by atomic mass is 9.76. The molecular formula is C20H24N2O6S. The molecule has 1 heterocycles. The number of hydrogen-bond acceptors (Lipinski definition) is 6. The number of benzene rings is 1. The van der Waals surface area contributed by atoms with Crippen LogP contribution in [0.5, 0.6) is 5.75 Å². The number of ether oxygens (including phenoxy) is 1. The zero-order valence-corrected chi connectivity index (χ0v) is 17.8. The minimum atomic E-state index is -3.53. The number of nitrogens with one attached hydrogen (secondary N) is 2. The van der Waals surface area contributed by atoms with E-state index in [4.69, 9.17) is 9.15 Å². The first kappa shape index (κ1) is 20.9. The molecule has 1 amide bonds. The fourth-order valence-corrected chi connectivity index (χ4v) is 4.11. The first-order chi connectivity index (χ1) is 13.4. The second-order valence-corrected chi connectivity index (χ2v) is 9.79. The second-order valence-electron chi connectivity index (χ2n) is 8.04. The van der Waals surface area contributed by atoms with E-state index in [0.717, 1.165) is 6.26 Å². The summed E-state index contributed by atoms with van der Waals surface area (Å²) in [5.74, 6) is 0.377. The number of carbonyl (C=O) groups excluding carboxylic acids is 2. The van der Waals surface area contributed by atoms with Crippen LogP contribution in [0.15, 0.2) is 22.6 Å². The monoisotopic (exact) mass is 420 g/mol. The fourth-order valence-electron chi connectivity index (χ4n) is 3.55. The predicted molar refractivity (Wildman–Crippen MR) is 109 cm³/mol. The Bertz CT molecular complexity index is 1100.